The molecule has 0 saturated heterocycles. The SMILES string of the molecule is Cc1ccc(C(N)Cc2ccccc2[N+](=O)[O-])cc1F. The lowest BCUT2D eigenvalue weighted by molar-refractivity contribution is -0.385. The van der Waals surface area contributed by atoms with E-state index in [1.165, 1.54) is 12.1 Å². The Labute approximate surface area is 116 Å². The molecule has 2 aromatic rings. The highest BCUT2D eigenvalue weighted by Crippen LogP contribution is 2.24. The maximum Gasteiger partial charge on any atom is 0.272 e. The summed E-state index contributed by atoms with van der Waals surface area (Å²) in [5.74, 6) is -0.319. The van der Waals surface area contributed by atoms with Gasteiger partial charge in [-0.25, -0.2) is 4.39 Å². The zero-order valence-corrected chi connectivity index (χ0v) is 11.0. The van der Waals surface area contributed by atoms with Crippen LogP contribution in [0.1, 0.15) is 22.7 Å². The number of benzene rings is 2. The number of aryl methyl sites for hydroxylation is 1. The van der Waals surface area contributed by atoms with Crippen LogP contribution in [0, 0.1) is 22.9 Å². The van der Waals surface area contributed by atoms with E-state index in [0.29, 0.717) is 23.1 Å². The van der Waals surface area contributed by atoms with Crippen molar-refractivity contribution in [2.45, 2.75) is 19.4 Å². The van der Waals surface area contributed by atoms with Gasteiger partial charge in [0, 0.05) is 17.7 Å². The highest BCUT2D eigenvalue weighted by Gasteiger charge is 2.16. The highest BCUT2D eigenvalue weighted by molar-refractivity contribution is 5.41. The van der Waals surface area contributed by atoms with E-state index in [0.717, 1.165) is 0 Å². The Hall–Kier alpha value is -2.27. The van der Waals surface area contributed by atoms with E-state index in [1.54, 1.807) is 37.3 Å². The van der Waals surface area contributed by atoms with E-state index in [2.05, 4.69) is 0 Å². The second-order valence-corrected chi connectivity index (χ2v) is 4.71. The summed E-state index contributed by atoms with van der Waals surface area (Å²) in [6.07, 6.45) is 0.291. The van der Waals surface area contributed by atoms with Crippen molar-refractivity contribution in [3.05, 3.63) is 75.1 Å². The normalized spacial score (nSPS) is 12.2. The lowest BCUT2D eigenvalue weighted by atomic mass is 9.97. The van der Waals surface area contributed by atoms with Crippen LogP contribution < -0.4 is 5.73 Å². The van der Waals surface area contributed by atoms with Gasteiger partial charge < -0.3 is 5.73 Å². The molecule has 5 heteroatoms. The molecule has 0 spiro atoms. The maximum atomic E-state index is 13.5. The summed E-state index contributed by atoms with van der Waals surface area (Å²) in [5, 5.41) is 10.9. The molecule has 0 amide bonds. The minimum atomic E-state index is -0.480. The number of rotatable bonds is 4. The molecule has 0 radical (unpaired) electrons. The van der Waals surface area contributed by atoms with Gasteiger partial charge in [0.1, 0.15) is 5.82 Å². The third kappa shape index (κ3) is 3.00. The molecule has 0 aromatic heterocycles. The fourth-order valence-electron chi connectivity index (χ4n) is 2.06. The van der Waals surface area contributed by atoms with E-state index in [-0.39, 0.29) is 11.5 Å². The van der Waals surface area contributed by atoms with Crippen molar-refractivity contribution in [1.82, 2.24) is 0 Å². The zero-order valence-electron chi connectivity index (χ0n) is 11.0. The number of nitro groups is 1. The summed E-state index contributed by atoms with van der Waals surface area (Å²) in [6.45, 7) is 1.67. The molecule has 2 N–H and O–H groups in total. The van der Waals surface area contributed by atoms with E-state index in [4.69, 9.17) is 5.73 Å². The number of para-hydroxylation sites is 1. The second kappa shape index (κ2) is 5.79. The first-order valence-electron chi connectivity index (χ1n) is 6.23. The van der Waals surface area contributed by atoms with Crippen LogP contribution in [-0.4, -0.2) is 4.92 Å². The molecule has 2 rings (SSSR count). The minimum absolute atomic E-state index is 0.0375. The molecule has 104 valence electrons. The van der Waals surface area contributed by atoms with Crippen LogP contribution in [0.25, 0.3) is 0 Å². The Morgan fingerprint density at radius 1 is 1.30 bits per heavy atom. The monoisotopic (exact) mass is 274 g/mol. The first kappa shape index (κ1) is 14.1. The average molecular weight is 274 g/mol. The van der Waals surface area contributed by atoms with Gasteiger partial charge in [0.2, 0.25) is 0 Å². The fraction of sp³-hybridized carbons (Fsp3) is 0.200. The Morgan fingerprint density at radius 3 is 2.65 bits per heavy atom. The number of nitro benzene ring substituents is 1. The van der Waals surface area contributed by atoms with Gasteiger partial charge >= 0.3 is 0 Å². The Balaban J connectivity index is 2.25. The summed E-state index contributed by atoms with van der Waals surface area (Å²) >= 11 is 0. The first-order chi connectivity index (χ1) is 9.49. The molecule has 0 heterocycles. The van der Waals surface area contributed by atoms with Crippen LogP contribution in [0.4, 0.5) is 10.1 Å². The Bertz CT molecular complexity index is 644. The van der Waals surface area contributed by atoms with Crippen LogP contribution in [0.5, 0.6) is 0 Å². The smallest absolute Gasteiger partial charge is 0.272 e. The van der Waals surface area contributed by atoms with Gasteiger partial charge in [0.05, 0.1) is 4.92 Å². The number of halogens is 1. The summed E-state index contributed by atoms with van der Waals surface area (Å²) < 4.78 is 13.5. The summed E-state index contributed by atoms with van der Waals surface area (Å²) in [7, 11) is 0. The van der Waals surface area contributed by atoms with Crippen LogP contribution in [0.2, 0.25) is 0 Å². The quantitative estimate of drug-likeness (QED) is 0.687. The largest absolute Gasteiger partial charge is 0.324 e. The molecule has 0 aliphatic carbocycles. The van der Waals surface area contributed by atoms with Crippen LogP contribution >= 0.6 is 0 Å². The van der Waals surface area contributed by atoms with Gasteiger partial charge in [0.25, 0.3) is 5.69 Å². The molecule has 4 nitrogen and oxygen atoms in total. The van der Waals surface area contributed by atoms with Gasteiger partial charge in [-0.1, -0.05) is 30.3 Å². The Morgan fingerprint density at radius 2 is 2.00 bits per heavy atom. The fourth-order valence-corrected chi connectivity index (χ4v) is 2.06. The molecule has 1 atom stereocenters. The number of nitrogens with two attached hydrogens (primary N) is 1. The molecular weight excluding hydrogens is 259 g/mol. The average Bonchev–Trinajstić information content (AvgIpc) is 2.42. The van der Waals surface area contributed by atoms with Crippen molar-refractivity contribution in [3.63, 3.8) is 0 Å². The van der Waals surface area contributed by atoms with E-state index in [1.807, 2.05) is 0 Å². The van der Waals surface area contributed by atoms with Crippen molar-refractivity contribution >= 4 is 5.69 Å². The van der Waals surface area contributed by atoms with Gasteiger partial charge in [0.15, 0.2) is 0 Å². The van der Waals surface area contributed by atoms with Gasteiger partial charge in [-0.15, -0.1) is 0 Å². The van der Waals surface area contributed by atoms with E-state index >= 15 is 0 Å². The van der Waals surface area contributed by atoms with Crippen molar-refractivity contribution in [1.29, 1.82) is 0 Å². The van der Waals surface area contributed by atoms with Crippen molar-refractivity contribution in [2.24, 2.45) is 5.73 Å². The van der Waals surface area contributed by atoms with Gasteiger partial charge in [-0.2, -0.15) is 0 Å². The molecule has 0 saturated carbocycles. The standard InChI is InChI=1S/C15H15FN2O2/c1-10-6-7-11(8-13(10)16)14(17)9-12-4-2-3-5-15(12)18(19)20/h2-8,14H,9,17H2,1H3. The zero-order chi connectivity index (χ0) is 14.7. The maximum absolute atomic E-state index is 13.5. The highest BCUT2D eigenvalue weighted by atomic mass is 19.1. The lowest BCUT2D eigenvalue weighted by Gasteiger charge is -2.13. The third-order valence-corrected chi connectivity index (χ3v) is 3.25. The molecule has 0 fully saturated rings. The van der Waals surface area contributed by atoms with Gasteiger partial charge in [-0.05, 0) is 30.5 Å². The molecule has 2 aromatic carbocycles. The predicted molar refractivity (Wildman–Crippen MR) is 74.9 cm³/mol. The van der Waals surface area contributed by atoms with Crippen molar-refractivity contribution in [2.75, 3.05) is 0 Å². The predicted octanol–water partition coefficient (Wildman–Crippen LogP) is 3.28. The number of hydrogen-bond donors (Lipinski definition) is 1. The minimum Gasteiger partial charge on any atom is -0.324 e. The molecule has 1 unspecified atom stereocenters. The first-order valence-corrected chi connectivity index (χ1v) is 6.23. The molecule has 0 bridgehead atoms. The van der Waals surface area contributed by atoms with E-state index < -0.39 is 11.0 Å². The molecular formula is C15H15FN2O2. The summed E-state index contributed by atoms with van der Waals surface area (Å²) in [4.78, 5) is 10.5. The summed E-state index contributed by atoms with van der Waals surface area (Å²) in [6, 6.07) is 10.8. The third-order valence-electron chi connectivity index (χ3n) is 3.25. The number of nitrogens with zero attached hydrogens (tertiary/aromatic N) is 1. The van der Waals surface area contributed by atoms with Crippen molar-refractivity contribution in [3.8, 4) is 0 Å². The van der Waals surface area contributed by atoms with Crippen LogP contribution in [0.3, 0.4) is 0 Å². The molecule has 0 aliphatic rings. The Kier molecular flexibility index (Phi) is 4.10. The van der Waals surface area contributed by atoms with E-state index in [9.17, 15) is 14.5 Å². The van der Waals surface area contributed by atoms with Gasteiger partial charge in [-0.3, -0.25) is 10.1 Å². The van der Waals surface area contributed by atoms with Crippen molar-refractivity contribution < 1.29 is 9.31 Å². The van der Waals surface area contributed by atoms with Crippen LogP contribution in [-0.2, 0) is 6.42 Å². The molecule has 0 aliphatic heterocycles. The topological polar surface area (TPSA) is 69.2 Å². The molecule has 20 heavy (non-hydrogen) atoms. The number of hydrogen-bond acceptors (Lipinski definition) is 3. The summed E-state index contributed by atoms with van der Waals surface area (Å²) in [5.41, 5.74) is 7.79. The second-order valence-electron chi connectivity index (χ2n) is 4.71. The lowest BCUT2D eigenvalue weighted by Crippen LogP contribution is -2.14. The van der Waals surface area contributed by atoms with Crippen LogP contribution in [0.15, 0.2) is 42.5 Å².